The fourth-order valence-corrected chi connectivity index (χ4v) is 2.60. The van der Waals surface area contributed by atoms with Gasteiger partial charge < -0.3 is 5.32 Å². The minimum absolute atomic E-state index is 0.578. The molecule has 1 aromatic rings. The molecule has 0 aliphatic carbocycles. The van der Waals surface area contributed by atoms with Crippen LogP contribution in [-0.2, 0) is 0 Å². The van der Waals surface area contributed by atoms with Gasteiger partial charge >= 0.3 is 0 Å². The summed E-state index contributed by atoms with van der Waals surface area (Å²) in [5, 5.41) is 3.54. The van der Waals surface area contributed by atoms with E-state index >= 15 is 0 Å². The van der Waals surface area contributed by atoms with Crippen molar-refractivity contribution >= 4 is 23.4 Å². The maximum absolute atomic E-state index is 5.74. The highest BCUT2D eigenvalue weighted by Crippen LogP contribution is 2.15. The van der Waals surface area contributed by atoms with Crippen LogP contribution >= 0.6 is 23.4 Å². The molecule has 0 heterocycles. The minimum Gasteiger partial charge on any atom is -0.313 e. The van der Waals surface area contributed by atoms with Gasteiger partial charge in [-0.2, -0.15) is 0 Å². The van der Waals surface area contributed by atoms with Crippen LogP contribution < -0.4 is 5.32 Å². The molecule has 0 aromatic heterocycles. The summed E-state index contributed by atoms with van der Waals surface area (Å²) in [6.07, 6.45) is 2.22. The number of thioether (sulfide) groups is 1. The first-order chi connectivity index (χ1) is 7.86. The summed E-state index contributed by atoms with van der Waals surface area (Å²) in [5.74, 6) is 1.86. The van der Waals surface area contributed by atoms with Gasteiger partial charge in [-0.3, -0.25) is 0 Å². The van der Waals surface area contributed by atoms with E-state index in [1.54, 1.807) is 0 Å². The largest absolute Gasteiger partial charge is 0.313 e. The highest BCUT2D eigenvalue weighted by atomic mass is 35.5. The van der Waals surface area contributed by atoms with Crippen LogP contribution in [0.25, 0.3) is 0 Å². The number of hydrogen-bond donors (Lipinski definition) is 1. The van der Waals surface area contributed by atoms with Crippen molar-refractivity contribution in [2.75, 3.05) is 18.2 Å². The van der Waals surface area contributed by atoms with E-state index in [1.807, 2.05) is 11.8 Å². The zero-order valence-electron chi connectivity index (χ0n) is 9.79. The number of rotatable bonds is 8. The van der Waals surface area contributed by atoms with Crippen molar-refractivity contribution in [3.05, 3.63) is 30.3 Å². The molecule has 1 unspecified atom stereocenters. The second-order valence-electron chi connectivity index (χ2n) is 3.70. The lowest BCUT2D eigenvalue weighted by Gasteiger charge is -2.15. The standard InChI is InChI=1S/C13H20ClNS/c1-2-12(8-9-14)15-10-11-16-13-6-4-3-5-7-13/h3-7,12,15H,2,8-11H2,1H3. The molecule has 1 rings (SSSR count). The van der Waals surface area contributed by atoms with Crippen molar-refractivity contribution < 1.29 is 0 Å². The summed E-state index contributed by atoms with van der Waals surface area (Å²) < 4.78 is 0. The van der Waals surface area contributed by atoms with E-state index in [4.69, 9.17) is 11.6 Å². The SMILES string of the molecule is CCC(CCCl)NCCSc1ccccc1. The van der Waals surface area contributed by atoms with E-state index in [9.17, 15) is 0 Å². The van der Waals surface area contributed by atoms with Crippen molar-refractivity contribution in [2.24, 2.45) is 0 Å². The molecule has 90 valence electrons. The monoisotopic (exact) mass is 257 g/mol. The van der Waals surface area contributed by atoms with E-state index in [0.29, 0.717) is 6.04 Å². The van der Waals surface area contributed by atoms with E-state index in [0.717, 1.165) is 31.0 Å². The summed E-state index contributed by atoms with van der Waals surface area (Å²) >= 11 is 7.63. The molecule has 1 nitrogen and oxygen atoms in total. The third kappa shape index (κ3) is 5.78. The summed E-state index contributed by atoms with van der Waals surface area (Å²) in [6, 6.07) is 11.1. The maximum Gasteiger partial charge on any atom is 0.0238 e. The summed E-state index contributed by atoms with van der Waals surface area (Å²) in [7, 11) is 0. The Kier molecular flexibility index (Phi) is 7.73. The van der Waals surface area contributed by atoms with Crippen LogP contribution in [0, 0.1) is 0 Å². The lowest BCUT2D eigenvalue weighted by atomic mass is 10.2. The predicted molar refractivity (Wildman–Crippen MR) is 74.6 cm³/mol. The van der Waals surface area contributed by atoms with Gasteiger partial charge in [0, 0.05) is 29.1 Å². The van der Waals surface area contributed by atoms with Crippen molar-refractivity contribution in [2.45, 2.75) is 30.7 Å². The Morgan fingerprint density at radius 3 is 2.69 bits per heavy atom. The third-order valence-corrected chi connectivity index (χ3v) is 3.73. The molecule has 0 aliphatic heterocycles. The van der Waals surface area contributed by atoms with Gasteiger partial charge in [-0.15, -0.1) is 23.4 Å². The Balaban J connectivity index is 2.11. The molecule has 1 aromatic carbocycles. The summed E-state index contributed by atoms with van der Waals surface area (Å²) in [4.78, 5) is 1.34. The lowest BCUT2D eigenvalue weighted by molar-refractivity contribution is 0.503. The van der Waals surface area contributed by atoms with Gasteiger partial charge in [0.25, 0.3) is 0 Å². The maximum atomic E-state index is 5.74. The number of benzene rings is 1. The molecule has 0 radical (unpaired) electrons. The summed E-state index contributed by atoms with van der Waals surface area (Å²) in [6.45, 7) is 3.25. The van der Waals surface area contributed by atoms with Crippen LogP contribution in [0.1, 0.15) is 19.8 Å². The fourth-order valence-electron chi connectivity index (χ4n) is 1.53. The first-order valence-corrected chi connectivity index (χ1v) is 7.36. The van der Waals surface area contributed by atoms with Crippen molar-refractivity contribution in [3.63, 3.8) is 0 Å². The average molecular weight is 258 g/mol. The van der Waals surface area contributed by atoms with Crippen LogP contribution in [0.3, 0.4) is 0 Å². The van der Waals surface area contributed by atoms with E-state index in [1.165, 1.54) is 4.90 Å². The Morgan fingerprint density at radius 2 is 2.06 bits per heavy atom. The van der Waals surface area contributed by atoms with Crippen LogP contribution in [-0.4, -0.2) is 24.2 Å². The van der Waals surface area contributed by atoms with Gasteiger partial charge in [0.1, 0.15) is 0 Å². The Labute approximate surface area is 108 Å². The molecule has 0 saturated carbocycles. The number of nitrogens with one attached hydrogen (secondary N) is 1. The zero-order chi connectivity index (χ0) is 11.6. The first kappa shape index (κ1) is 13.9. The van der Waals surface area contributed by atoms with Crippen molar-refractivity contribution in [3.8, 4) is 0 Å². The molecule has 0 fully saturated rings. The van der Waals surface area contributed by atoms with Gasteiger partial charge in [-0.05, 0) is 25.0 Å². The molecule has 0 aliphatic rings. The van der Waals surface area contributed by atoms with Crippen LogP contribution in [0.4, 0.5) is 0 Å². The zero-order valence-corrected chi connectivity index (χ0v) is 11.4. The van der Waals surface area contributed by atoms with E-state index in [-0.39, 0.29) is 0 Å². The van der Waals surface area contributed by atoms with Crippen LogP contribution in [0.2, 0.25) is 0 Å². The average Bonchev–Trinajstić information content (AvgIpc) is 2.34. The first-order valence-electron chi connectivity index (χ1n) is 5.84. The molecule has 1 atom stereocenters. The van der Waals surface area contributed by atoms with Gasteiger partial charge in [0.05, 0.1) is 0 Å². The molecule has 0 spiro atoms. The van der Waals surface area contributed by atoms with E-state index in [2.05, 4.69) is 42.6 Å². The highest BCUT2D eigenvalue weighted by molar-refractivity contribution is 7.99. The lowest BCUT2D eigenvalue weighted by Crippen LogP contribution is -2.30. The van der Waals surface area contributed by atoms with Gasteiger partial charge in [0.2, 0.25) is 0 Å². The molecule has 0 amide bonds. The van der Waals surface area contributed by atoms with E-state index < -0.39 is 0 Å². The number of hydrogen-bond acceptors (Lipinski definition) is 2. The molecule has 3 heteroatoms. The normalized spacial score (nSPS) is 12.6. The third-order valence-electron chi connectivity index (χ3n) is 2.50. The van der Waals surface area contributed by atoms with Gasteiger partial charge in [0.15, 0.2) is 0 Å². The fraction of sp³-hybridized carbons (Fsp3) is 0.538. The Hall–Kier alpha value is -0.180. The molecular formula is C13H20ClNS. The quantitative estimate of drug-likeness (QED) is 0.432. The molecular weight excluding hydrogens is 238 g/mol. The topological polar surface area (TPSA) is 12.0 Å². The minimum atomic E-state index is 0.578. The number of halogens is 1. The van der Waals surface area contributed by atoms with Gasteiger partial charge in [-0.25, -0.2) is 0 Å². The van der Waals surface area contributed by atoms with Crippen LogP contribution in [0.5, 0.6) is 0 Å². The second kappa shape index (κ2) is 8.91. The number of alkyl halides is 1. The summed E-state index contributed by atoms with van der Waals surface area (Å²) in [5.41, 5.74) is 0. The second-order valence-corrected chi connectivity index (χ2v) is 5.24. The van der Waals surface area contributed by atoms with Crippen molar-refractivity contribution in [1.29, 1.82) is 0 Å². The van der Waals surface area contributed by atoms with Crippen LogP contribution in [0.15, 0.2) is 35.2 Å². The molecule has 1 N–H and O–H groups in total. The smallest absolute Gasteiger partial charge is 0.0238 e. The molecule has 16 heavy (non-hydrogen) atoms. The highest BCUT2D eigenvalue weighted by Gasteiger charge is 2.03. The molecule has 0 saturated heterocycles. The van der Waals surface area contributed by atoms with Crippen molar-refractivity contribution in [1.82, 2.24) is 5.32 Å². The Bertz CT molecular complexity index is 266. The molecule has 0 bridgehead atoms. The Morgan fingerprint density at radius 1 is 1.31 bits per heavy atom. The van der Waals surface area contributed by atoms with Gasteiger partial charge in [-0.1, -0.05) is 25.1 Å². The predicted octanol–water partition coefficient (Wildman–Crippen LogP) is 3.78.